The molecule has 94 valence electrons. The first kappa shape index (κ1) is 11.7. The van der Waals surface area contributed by atoms with Crippen molar-refractivity contribution in [2.75, 3.05) is 5.32 Å². The van der Waals surface area contributed by atoms with Gasteiger partial charge in [-0.05, 0) is 36.5 Å². The van der Waals surface area contributed by atoms with Gasteiger partial charge in [0.15, 0.2) is 0 Å². The van der Waals surface area contributed by atoms with Crippen LogP contribution in [0.3, 0.4) is 0 Å². The summed E-state index contributed by atoms with van der Waals surface area (Å²) < 4.78 is 0. The highest BCUT2D eigenvalue weighted by atomic mass is 14.9. The molecule has 1 heterocycles. The fourth-order valence-corrected chi connectivity index (χ4v) is 2.70. The van der Waals surface area contributed by atoms with Crippen molar-refractivity contribution in [1.29, 1.82) is 5.26 Å². The van der Waals surface area contributed by atoms with Crippen LogP contribution in [0.5, 0.6) is 0 Å². The third kappa shape index (κ3) is 2.30. The first-order valence-corrected chi connectivity index (χ1v) is 6.57. The number of nitrogens with zero attached hydrogens (tertiary/aromatic N) is 2. The minimum absolute atomic E-state index is 0.279. The van der Waals surface area contributed by atoms with E-state index < -0.39 is 0 Å². The summed E-state index contributed by atoms with van der Waals surface area (Å²) in [6.45, 7) is 0. The Balaban J connectivity index is 1.91. The summed E-state index contributed by atoms with van der Waals surface area (Å²) >= 11 is 0. The van der Waals surface area contributed by atoms with E-state index in [0.717, 1.165) is 18.5 Å². The highest BCUT2D eigenvalue weighted by Crippen LogP contribution is 2.32. The summed E-state index contributed by atoms with van der Waals surface area (Å²) in [6, 6.07) is 12.8. The van der Waals surface area contributed by atoms with Gasteiger partial charge in [-0.3, -0.25) is 4.98 Å². The lowest BCUT2D eigenvalue weighted by atomic mass is 9.87. The Morgan fingerprint density at radius 2 is 2.16 bits per heavy atom. The number of pyridine rings is 1. The number of aromatic nitrogens is 1. The second-order valence-corrected chi connectivity index (χ2v) is 4.82. The summed E-state index contributed by atoms with van der Waals surface area (Å²) in [7, 11) is 0. The number of nitriles is 1. The Morgan fingerprint density at radius 1 is 1.26 bits per heavy atom. The van der Waals surface area contributed by atoms with E-state index in [9.17, 15) is 0 Å². The normalized spacial score (nSPS) is 17.3. The molecule has 19 heavy (non-hydrogen) atoms. The lowest BCUT2D eigenvalue weighted by molar-refractivity contribution is 0.600. The van der Waals surface area contributed by atoms with E-state index in [2.05, 4.69) is 40.6 Å². The summed E-state index contributed by atoms with van der Waals surface area (Å²) in [5, 5.41) is 12.6. The zero-order chi connectivity index (χ0) is 13.1. The van der Waals surface area contributed by atoms with Crippen LogP contribution < -0.4 is 5.32 Å². The molecule has 1 aliphatic rings. The molecule has 0 fully saturated rings. The quantitative estimate of drug-likeness (QED) is 0.886. The maximum Gasteiger partial charge on any atom is 0.101 e. The van der Waals surface area contributed by atoms with E-state index in [-0.39, 0.29) is 6.04 Å². The molecule has 1 aromatic heterocycles. The van der Waals surface area contributed by atoms with E-state index >= 15 is 0 Å². The van der Waals surface area contributed by atoms with Crippen LogP contribution in [0.4, 0.5) is 5.69 Å². The SMILES string of the molecule is N#Cc1ccncc1NC1CCCc2ccccc21. The van der Waals surface area contributed by atoms with E-state index in [1.54, 1.807) is 18.5 Å². The molecule has 3 rings (SSSR count). The Kier molecular flexibility index (Phi) is 3.16. The van der Waals surface area contributed by atoms with E-state index in [4.69, 9.17) is 5.26 Å². The molecular formula is C16H15N3. The number of aryl methyl sites for hydroxylation is 1. The molecule has 0 spiro atoms. The second kappa shape index (κ2) is 5.11. The summed E-state index contributed by atoms with van der Waals surface area (Å²) in [5.74, 6) is 0. The maximum absolute atomic E-state index is 9.13. The molecule has 1 N–H and O–H groups in total. The smallest absolute Gasteiger partial charge is 0.101 e. The lowest BCUT2D eigenvalue weighted by Crippen LogP contribution is -2.17. The standard InChI is InChI=1S/C16H15N3/c17-10-13-8-9-18-11-16(13)19-15-7-3-5-12-4-1-2-6-14(12)15/h1-2,4,6,8-9,11,15,19H,3,5,7H2. The second-order valence-electron chi connectivity index (χ2n) is 4.82. The van der Waals surface area contributed by atoms with Crippen LogP contribution in [0.2, 0.25) is 0 Å². The van der Waals surface area contributed by atoms with Gasteiger partial charge in [-0.1, -0.05) is 24.3 Å². The number of anilines is 1. The van der Waals surface area contributed by atoms with Crippen molar-refractivity contribution in [2.24, 2.45) is 0 Å². The summed E-state index contributed by atoms with van der Waals surface area (Å²) in [5.41, 5.74) is 4.24. The number of rotatable bonds is 2. The van der Waals surface area contributed by atoms with Crippen LogP contribution in [-0.4, -0.2) is 4.98 Å². The first-order chi connectivity index (χ1) is 9.38. The monoisotopic (exact) mass is 249 g/mol. The van der Waals surface area contributed by atoms with Crippen LogP contribution in [-0.2, 0) is 6.42 Å². The zero-order valence-electron chi connectivity index (χ0n) is 10.6. The number of nitrogens with one attached hydrogen (secondary N) is 1. The van der Waals surface area contributed by atoms with Crippen molar-refractivity contribution in [3.8, 4) is 6.07 Å². The molecule has 3 heteroatoms. The number of benzene rings is 1. The first-order valence-electron chi connectivity index (χ1n) is 6.57. The van der Waals surface area contributed by atoms with Gasteiger partial charge in [0.2, 0.25) is 0 Å². The Hall–Kier alpha value is -2.34. The van der Waals surface area contributed by atoms with Crippen molar-refractivity contribution in [1.82, 2.24) is 4.98 Å². The number of fused-ring (bicyclic) bond motifs is 1. The van der Waals surface area contributed by atoms with Gasteiger partial charge in [0, 0.05) is 6.20 Å². The molecule has 0 radical (unpaired) electrons. The van der Waals surface area contributed by atoms with Gasteiger partial charge in [-0.2, -0.15) is 5.26 Å². The molecule has 1 unspecified atom stereocenters. The fraction of sp³-hybridized carbons (Fsp3) is 0.250. The lowest BCUT2D eigenvalue weighted by Gasteiger charge is -2.27. The van der Waals surface area contributed by atoms with Gasteiger partial charge < -0.3 is 5.32 Å². The van der Waals surface area contributed by atoms with E-state index in [0.29, 0.717) is 5.56 Å². The molecular weight excluding hydrogens is 234 g/mol. The number of hydrogen-bond donors (Lipinski definition) is 1. The van der Waals surface area contributed by atoms with Crippen molar-refractivity contribution in [3.05, 3.63) is 59.4 Å². The van der Waals surface area contributed by atoms with Crippen LogP contribution >= 0.6 is 0 Å². The summed E-state index contributed by atoms with van der Waals surface area (Å²) in [6.07, 6.45) is 6.80. The summed E-state index contributed by atoms with van der Waals surface area (Å²) in [4.78, 5) is 4.10. The van der Waals surface area contributed by atoms with Gasteiger partial charge in [-0.25, -0.2) is 0 Å². The third-order valence-corrected chi connectivity index (χ3v) is 3.64. The molecule has 2 aromatic rings. The molecule has 1 atom stereocenters. The average Bonchev–Trinajstić information content (AvgIpc) is 2.48. The van der Waals surface area contributed by atoms with Gasteiger partial charge in [0.25, 0.3) is 0 Å². The average molecular weight is 249 g/mol. The molecule has 0 amide bonds. The minimum Gasteiger partial charge on any atom is -0.376 e. The van der Waals surface area contributed by atoms with Crippen LogP contribution in [0, 0.1) is 11.3 Å². The van der Waals surface area contributed by atoms with Gasteiger partial charge >= 0.3 is 0 Å². The van der Waals surface area contributed by atoms with Gasteiger partial charge in [0.05, 0.1) is 23.5 Å². The molecule has 0 aliphatic heterocycles. The molecule has 3 nitrogen and oxygen atoms in total. The van der Waals surface area contributed by atoms with Gasteiger partial charge in [-0.15, -0.1) is 0 Å². The van der Waals surface area contributed by atoms with Crippen LogP contribution in [0.15, 0.2) is 42.7 Å². The molecule has 0 saturated heterocycles. The molecule has 1 aliphatic carbocycles. The maximum atomic E-state index is 9.13. The van der Waals surface area contributed by atoms with Crippen LogP contribution in [0.25, 0.3) is 0 Å². The predicted octanol–water partition coefficient (Wildman–Crippen LogP) is 3.44. The van der Waals surface area contributed by atoms with Gasteiger partial charge in [0.1, 0.15) is 6.07 Å². The number of hydrogen-bond acceptors (Lipinski definition) is 3. The van der Waals surface area contributed by atoms with Crippen molar-refractivity contribution < 1.29 is 0 Å². The Labute approximate surface area is 112 Å². The Morgan fingerprint density at radius 3 is 3.05 bits per heavy atom. The van der Waals surface area contributed by atoms with E-state index in [1.807, 2.05) is 0 Å². The van der Waals surface area contributed by atoms with E-state index in [1.165, 1.54) is 17.5 Å². The van der Waals surface area contributed by atoms with Crippen molar-refractivity contribution >= 4 is 5.69 Å². The fourth-order valence-electron chi connectivity index (χ4n) is 2.70. The topological polar surface area (TPSA) is 48.7 Å². The van der Waals surface area contributed by atoms with Crippen LogP contribution in [0.1, 0.15) is 35.6 Å². The zero-order valence-corrected chi connectivity index (χ0v) is 10.6. The minimum atomic E-state index is 0.279. The predicted molar refractivity (Wildman–Crippen MR) is 74.7 cm³/mol. The van der Waals surface area contributed by atoms with Crippen molar-refractivity contribution in [3.63, 3.8) is 0 Å². The molecule has 1 aromatic carbocycles. The highest BCUT2D eigenvalue weighted by Gasteiger charge is 2.20. The highest BCUT2D eigenvalue weighted by molar-refractivity contribution is 5.57. The largest absolute Gasteiger partial charge is 0.376 e. The van der Waals surface area contributed by atoms with Crippen molar-refractivity contribution in [2.45, 2.75) is 25.3 Å². The molecule has 0 saturated carbocycles. The molecule has 0 bridgehead atoms. The Bertz CT molecular complexity index is 628. The third-order valence-electron chi connectivity index (χ3n) is 3.64.